The fourth-order valence-electron chi connectivity index (χ4n) is 1.25. The SMILES string of the molecule is NC1(N)C=NC(c2ccccn2)=CC1. The van der Waals surface area contributed by atoms with Crippen molar-refractivity contribution in [1.29, 1.82) is 0 Å². The highest BCUT2D eigenvalue weighted by atomic mass is 15.0. The third-order valence-electron chi connectivity index (χ3n) is 2.02. The van der Waals surface area contributed by atoms with E-state index < -0.39 is 5.66 Å². The predicted octanol–water partition coefficient (Wildman–Crippen LogP) is 0.511. The molecule has 0 saturated heterocycles. The number of aromatic nitrogens is 1. The second-order valence-corrected chi connectivity index (χ2v) is 3.38. The number of hydrogen-bond donors (Lipinski definition) is 2. The largest absolute Gasteiger partial charge is 0.309 e. The van der Waals surface area contributed by atoms with Crippen molar-refractivity contribution in [3.8, 4) is 0 Å². The first-order valence-electron chi connectivity index (χ1n) is 4.42. The summed E-state index contributed by atoms with van der Waals surface area (Å²) in [5.41, 5.74) is 12.2. The molecule has 0 aliphatic carbocycles. The molecule has 1 aliphatic rings. The van der Waals surface area contributed by atoms with Gasteiger partial charge in [0.25, 0.3) is 0 Å². The van der Waals surface area contributed by atoms with Crippen LogP contribution in [0.25, 0.3) is 5.70 Å². The van der Waals surface area contributed by atoms with E-state index >= 15 is 0 Å². The predicted molar refractivity (Wildman–Crippen MR) is 56.4 cm³/mol. The van der Waals surface area contributed by atoms with E-state index in [2.05, 4.69) is 9.98 Å². The Morgan fingerprint density at radius 2 is 2.14 bits per heavy atom. The second kappa shape index (κ2) is 3.32. The van der Waals surface area contributed by atoms with Crippen molar-refractivity contribution in [1.82, 2.24) is 4.98 Å². The standard InChI is InChI=1S/C10H12N4/c11-10(12)5-4-9(14-7-10)8-3-1-2-6-13-8/h1-4,6-7H,5,11-12H2. The molecule has 0 atom stereocenters. The number of pyridine rings is 1. The number of nitrogens with zero attached hydrogens (tertiary/aromatic N) is 2. The van der Waals surface area contributed by atoms with Gasteiger partial charge in [-0.3, -0.25) is 9.98 Å². The molecule has 72 valence electrons. The van der Waals surface area contributed by atoms with Crippen LogP contribution in [0.5, 0.6) is 0 Å². The Kier molecular flexibility index (Phi) is 2.15. The Bertz CT molecular complexity index is 378. The van der Waals surface area contributed by atoms with Crippen LogP contribution in [0, 0.1) is 0 Å². The third-order valence-corrected chi connectivity index (χ3v) is 2.02. The highest BCUT2D eigenvalue weighted by Gasteiger charge is 2.19. The van der Waals surface area contributed by atoms with Crippen molar-refractivity contribution in [2.24, 2.45) is 16.5 Å². The van der Waals surface area contributed by atoms with Gasteiger partial charge in [-0.05, 0) is 12.1 Å². The summed E-state index contributed by atoms with van der Waals surface area (Å²) in [6.07, 6.45) is 5.79. The molecule has 1 aliphatic heterocycles. The summed E-state index contributed by atoms with van der Waals surface area (Å²) >= 11 is 0. The van der Waals surface area contributed by atoms with Gasteiger partial charge in [-0.15, -0.1) is 0 Å². The molecule has 0 fully saturated rings. The van der Waals surface area contributed by atoms with Gasteiger partial charge in [0.2, 0.25) is 0 Å². The minimum Gasteiger partial charge on any atom is -0.309 e. The van der Waals surface area contributed by atoms with Crippen LogP contribution in [-0.2, 0) is 0 Å². The van der Waals surface area contributed by atoms with Gasteiger partial charge in [-0.1, -0.05) is 12.1 Å². The molecule has 0 spiro atoms. The zero-order valence-corrected chi connectivity index (χ0v) is 7.72. The highest BCUT2D eigenvalue weighted by molar-refractivity contribution is 5.80. The molecule has 2 heterocycles. The second-order valence-electron chi connectivity index (χ2n) is 3.38. The van der Waals surface area contributed by atoms with Gasteiger partial charge in [0.15, 0.2) is 0 Å². The molecule has 14 heavy (non-hydrogen) atoms. The van der Waals surface area contributed by atoms with Gasteiger partial charge in [0.1, 0.15) is 5.66 Å². The molecule has 1 aromatic heterocycles. The number of rotatable bonds is 1. The lowest BCUT2D eigenvalue weighted by atomic mass is 10.1. The van der Waals surface area contributed by atoms with Gasteiger partial charge < -0.3 is 11.5 Å². The van der Waals surface area contributed by atoms with Crippen LogP contribution in [-0.4, -0.2) is 16.9 Å². The van der Waals surface area contributed by atoms with Crippen molar-refractivity contribution in [2.75, 3.05) is 0 Å². The molecule has 0 amide bonds. The summed E-state index contributed by atoms with van der Waals surface area (Å²) in [5, 5.41) is 0. The van der Waals surface area contributed by atoms with Crippen LogP contribution in [0.2, 0.25) is 0 Å². The zero-order chi connectivity index (χ0) is 10.0. The van der Waals surface area contributed by atoms with Crippen molar-refractivity contribution in [3.63, 3.8) is 0 Å². The Balaban J connectivity index is 2.25. The lowest BCUT2D eigenvalue weighted by Crippen LogP contribution is -2.51. The lowest BCUT2D eigenvalue weighted by Gasteiger charge is -2.21. The van der Waals surface area contributed by atoms with E-state index in [-0.39, 0.29) is 0 Å². The molecule has 4 N–H and O–H groups in total. The molecule has 0 saturated carbocycles. The molecule has 4 heteroatoms. The summed E-state index contributed by atoms with van der Waals surface area (Å²) in [7, 11) is 0. The van der Waals surface area contributed by atoms with Gasteiger partial charge in [-0.25, -0.2) is 0 Å². The average molecular weight is 188 g/mol. The zero-order valence-electron chi connectivity index (χ0n) is 7.72. The molecule has 4 nitrogen and oxygen atoms in total. The van der Waals surface area contributed by atoms with E-state index in [1.807, 2.05) is 24.3 Å². The minimum absolute atomic E-state index is 0.586. The maximum Gasteiger partial charge on any atom is 0.104 e. The average Bonchev–Trinajstić information content (AvgIpc) is 2.19. The molecule has 0 aromatic carbocycles. The first-order valence-corrected chi connectivity index (χ1v) is 4.42. The van der Waals surface area contributed by atoms with Crippen LogP contribution in [0.3, 0.4) is 0 Å². The third kappa shape index (κ3) is 1.86. The fourth-order valence-corrected chi connectivity index (χ4v) is 1.25. The van der Waals surface area contributed by atoms with E-state index in [0.29, 0.717) is 6.42 Å². The van der Waals surface area contributed by atoms with Gasteiger partial charge in [0.05, 0.1) is 11.4 Å². The van der Waals surface area contributed by atoms with Crippen molar-refractivity contribution in [2.45, 2.75) is 12.1 Å². The smallest absolute Gasteiger partial charge is 0.104 e. The highest BCUT2D eigenvalue weighted by Crippen LogP contribution is 2.18. The van der Waals surface area contributed by atoms with Crippen LogP contribution in [0.1, 0.15) is 12.1 Å². The first kappa shape index (κ1) is 9.05. The Hall–Kier alpha value is -1.52. The first-order chi connectivity index (χ1) is 6.67. The lowest BCUT2D eigenvalue weighted by molar-refractivity contribution is 0.610. The molecular weight excluding hydrogens is 176 g/mol. The maximum atomic E-state index is 5.68. The van der Waals surface area contributed by atoms with E-state index in [4.69, 9.17) is 11.5 Å². The summed E-state index contributed by atoms with van der Waals surface area (Å²) in [4.78, 5) is 8.36. The van der Waals surface area contributed by atoms with Gasteiger partial charge in [-0.2, -0.15) is 0 Å². The molecule has 0 unspecified atom stereocenters. The van der Waals surface area contributed by atoms with Crippen molar-refractivity contribution >= 4 is 11.9 Å². The minimum atomic E-state index is -0.807. The molecular formula is C10H12N4. The van der Waals surface area contributed by atoms with Crippen LogP contribution < -0.4 is 11.5 Å². The Labute approximate surface area is 82.4 Å². The molecule has 0 radical (unpaired) electrons. The molecule has 0 bridgehead atoms. The summed E-state index contributed by atoms with van der Waals surface area (Å²) in [6, 6.07) is 5.70. The van der Waals surface area contributed by atoms with Gasteiger partial charge in [0, 0.05) is 18.8 Å². The summed E-state index contributed by atoms with van der Waals surface area (Å²) in [5.74, 6) is 0. The van der Waals surface area contributed by atoms with Crippen molar-refractivity contribution in [3.05, 3.63) is 36.2 Å². The number of hydrogen-bond acceptors (Lipinski definition) is 4. The van der Waals surface area contributed by atoms with Crippen LogP contribution >= 0.6 is 0 Å². The monoisotopic (exact) mass is 188 g/mol. The van der Waals surface area contributed by atoms with Crippen LogP contribution in [0.4, 0.5) is 0 Å². The van der Waals surface area contributed by atoms with E-state index in [0.717, 1.165) is 11.4 Å². The van der Waals surface area contributed by atoms with Gasteiger partial charge >= 0.3 is 0 Å². The number of aliphatic imine (C=N–C) groups is 1. The van der Waals surface area contributed by atoms with Crippen molar-refractivity contribution < 1.29 is 0 Å². The maximum absolute atomic E-state index is 5.68. The Morgan fingerprint density at radius 1 is 1.29 bits per heavy atom. The fraction of sp³-hybridized carbons (Fsp3) is 0.200. The van der Waals surface area contributed by atoms with E-state index in [1.165, 1.54) is 0 Å². The van der Waals surface area contributed by atoms with Crippen LogP contribution in [0.15, 0.2) is 35.5 Å². The van der Waals surface area contributed by atoms with E-state index in [1.54, 1.807) is 12.4 Å². The number of nitrogens with two attached hydrogens (primary N) is 2. The molecule has 2 rings (SSSR count). The van der Waals surface area contributed by atoms with E-state index in [9.17, 15) is 0 Å². The Morgan fingerprint density at radius 3 is 2.71 bits per heavy atom. The molecule has 1 aromatic rings. The normalized spacial score (nSPS) is 19.1. The topological polar surface area (TPSA) is 77.3 Å². The summed E-state index contributed by atoms with van der Waals surface area (Å²) < 4.78 is 0. The quantitative estimate of drug-likeness (QED) is 0.630. The summed E-state index contributed by atoms with van der Waals surface area (Å²) in [6.45, 7) is 0.